The fraction of sp³-hybridized carbons (Fsp3) is 0.0938. The minimum atomic E-state index is -0.187. The molecule has 1 N–H and O–H groups in total. The lowest BCUT2D eigenvalue weighted by Crippen LogP contribution is -2.46. The molecule has 0 bridgehead atoms. The molecule has 0 spiro atoms. The van der Waals surface area contributed by atoms with Gasteiger partial charge in [0.25, 0.3) is 0 Å². The van der Waals surface area contributed by atoms with Gasteiger partial charge in [-0.15, -0.1) is 0 Å². The first-order valence-electron chi connectivity index (χ1n) is 13.0. The summed E-state index contributed by atoms with van der Waals surface area (Å²) in [6.07, 6.45) is 0. The van der Waals surface area contributed by atoms with Crippen LogP contribution in [0.25, 0.3) is 5.69 Å². The van der Waals surface area contributed by atoms with Crippen molar-refractivity contribution in [2.75, 3.05) is 10.2 Å². The van der Waals surface area contributed by atoms with Crippen LogP contribution in [-0.4, -0.2) is 21.5 Å². The first-order valence-corrected chi connectivity index (χ1v) is 14.1. The number of aryl methyl sites for hydroxylation is 2. The van der Waals surface area contributed by atoms with Crippen molar-refractivity contribution in [1.82, 2.24) is 9.78 Å². The van der Waals surface area contributed by atoms with E-state index in [1.54, 1.807) is 0 Å². The number of hydrogen-bond acceptors (Lipinski definition) is 5. The summed E-state index contributed by atoms with van der Waals surface area (Å²) < 4.78 is 2.94. The zero-order chi connectivity index (χ0) is 27.4. The van der Waals surface area contributed by atoms with Crippen LogP contribution in [-0.2, 0) is 0 Å². The van der Waals surface area contributed by atoms with Crippen LogP contribution in [0, 0.1) is 13.8 Å². The van der Waals surface area contributed by atoms with Gasteiger partial charge in [0.2, 0.25) is 0 Å². The number of aromatic nitrogens is 2. The molecule has 2 aliphatic heterocycles. The van der Waals surface area contributed by atoms with Crippen molar-refractivity contribution >= 4 is 62.1 Å². The maximum absolute atomic E-state index is 6.49. The minimum Gasteiger partial charge on any atom is -0.337 e. The highest BCUT2D eigenvalue weighted by Gasteiger charge is 2.41. The standard InChI is InChI=1S/C32H24BrClN6/c1-19-15-16-23(18-25(19)34)35-30-32-37-31-28(20(2)38-40(31)24-11-4-3-5-12-24)29(21-9-8-10-22(33)17-21)39(32)27-14-7-6-13-26(27)36-30/h3-18,29H,1-2H3,(H,35,36)/t29-/m0/s1. The number of benzene rings is 4. The van der Waals surface area contributed by atoms with Crippen LogP contribution in [0.5, 0.6) is 0 Å². The second kappa shape index (κ2) is 9.77. The molecule has 3 heterocycles. The second-order valence-corrected chi connectivity index (χ2v) is 11.2. The van der Waals surface area contributed by atoms with Gasteiger partial charge in [-0.05, 0) is 73.5 Å². The number of nitrogens with one attached hydrogen (secondary N) is 1. The van der Waals surface area contributed by atoms with Gasteiger partial charge in [0.1, 0.15) is 0 Å². The molecule has 196 valence electrons. The van der Waals surface area contributed by atoms with Crippen LogP contribution < -0.4 is 10.2 Å². The average molecular weight is 608 g/mol. The van der Waals surface area contributed by atoms with Crippen molar-refractivity contribution in [2.24, 2.45) is 9.98 Å². The molecule has 0 saturated heterocycles. The van der Waals surface area contributed by atoms with Gasteiger partial charge in [0.05, 0.1) is 28.8 Å². The Hall–Kier alpha value is -4.20. The van der Waals surface area contributed by atoms with Gasteiger partial charge in [0, 0.05) is 20.7 Å². The summed E-state index contributed by atoms with van der Waals surface area (Å²) >= 11 is 10.2. The van der Waals surface area contributed by atoms with E-state index in [4.69, 9.17) is 26.7 Å². The van der Waals surface area contributed by atoms with E-state index in [2.05, 4.69) is 57.3 Å². The summed E-state index contributed by atoms with van der Waals surface area (Å²) in [5, 5.41) is 9.21. The molecule has 6 nitrogen and oxygen atoms in total. The Morgan fingerprint density at radius 1 is 0.850 bits per heavy atom. The van der Waals surface area contributed by atoms with Gasteiger partial charge in [-0.1, -0.05) is 76.1 Å². The highest BCUT2D eigenvalue weighted by atomic mass is 79.9. The first kappa shape index (κ1) is 24.8. The largest absolute Gasteiger partial charge is 0.337 e. The Kier molecular flexibility index (Phi) is 6.06. The Balaban J connectivity index is 1.50. The lowest BCUT2D eigenvalue weighted by Gasteiger charge is -2.40. The molecule has 8 heteroatoms. The Bertz CT molecular complexity index is 1840. The Morgan fingerprint density at radius 3 is 2.45 bits per heavy atom. The van der Waals surface area contributed by atoms with E-state index in [9.17, 15) is 0 Å². The van der Waals surface area contributed by atoms with Gasteiger partial charge >= 0.3 is 0 Å². The van der Waals surface area contributed by atoms with Crippen LogP contribution in [0.1, 0.15) is 28.4 Å². The molecule has 1 atom stereocenters. The molecule has 2 aliphatic rings. The summed E-state index contributed by atoms with van der Waals surface area (Å²) in [7, 11) is 0. The summed E-state index contributed by atoms with van der Waals surface area (Å²) in [6, 6.07) is 32.5. The third kappa shape index (κ3) is 4.13. The molecule has 0 saturated carbocycles. The molecule has 0 fully saturated rings. The van der Waals surface area contributed by atoms with Crippen molar-refractivity contribution in [2.45, 2.75) is 19.9 Å². The van der Waals surface area contributed by atoms with Crippen molar-refractivity contribution in [3.05, 3.63) is 129 Å². The number of amidine groups is 2. The van der Waals surface area contributed by atoms with Crippen molar-refractivity contribution in [3.63, 3.8) is 0 Å². The summed E-state index contributed by atoms with van der Waals surface area (Å²) in [6.45, 7) is 4.05. The van der Waals surface area contributed by atoms with E-state index in [1.165, 1.54) is 0 Å². The molecule has 4 aromatic carbocycles. The maximum atomic E-state index is 6.49. The lowest BCUT2D eigenvalue weighted by molar-refractivity contribution is 0.815. The predicted molar refractivity (Wildman–Crippen MR) is 167 cm³/mol. The highest BCUT2D eigenvalue weighted by Crippen LogP contribution is 2.48. The third-order valence-corrected chi connectivity index (χ3v) is 8.14. The number of fused-ring (bicyclic) bond motifs is 4. The number of hydrogen-bond donors (Lipinski definition) is 1. The molecular formula is C32H24BrClN6. The van der Waals surface area contributed by atoms with Crippen LogP contribution in [0.2, 0.25) is 5.02 Å². The number of rotatable bonds is 3. The van der Waals surface area contributed by atoms with Gasteiger partial charge in [0.15, 0.2) is 17.5 Å². The van der Waals surface area contributed by atoms with Gasteiger partial charge in [-0.25, -0.2) is 14.7 Å². The molecule has 0 amide bonds. The number of anilines is 2. The van der Waals surface area contributed by atoms with Crippen LogP contribution in [0.4, 0.5) is 22.9 Å². The maximum Gasteiger partial charge on any atom is 0.179 e. The third-order valence-electron chi connectivity index (χ3n) is 7.24. The molecule has 1 aromatic heterocycles. The van der Waals surface area contributed by atoms with E-state index < -0.39 is 0 Å². The molecule has 40 heavy (non-hydrogen) atoms. The first-order chi connectivity index (χ1) is 19.5. The smallest absolute Gasteiger partial charge is 0.179 e. The van der Waals surface area contributed by atoms with Crippen molar-refractivity contribution in [1.29, 1.82) is 0 Å². The van der Waals surface area contributed by atoms with E-state index >= 15 is 0 Å². The second-order valence-electron chi connectivity index (χ2n) is 9.87. The van der Waals surface area contributed by atoms with Gasteiger partial charge in [-0.2, -0.15) is 5.10 Å². The SMILES string of the molecule is Cc1ccc(NC2=Nc3ccccc3N3C2=Nc2c(c(C)nn2-c2ccccc2)[C@@H]3c2cccc(Br)c2)cc1Cl. The topological polar surface area (TPSA) is 57.8 Å². The molecule has 0 radical (unpaired) electrons. The van der Waals surface area contributed by atoms with E-state index in [0.29, 0.717) is 16.7 Å². The predicted octanol–water partition coefficient (Wildman–Crippen LogP) is 8.70. The van der Waals surface area contributed by atoms with Crippen molar-refractivity contribution < 1.29 is 0 Å². The molecule has 5 aromatic rings. The Labute approximate surface area is 245 Å². The van der Waals surface area contributed by atoms with Crippen molar-refractivity contribution in [3.8, 4) is 5.69 Å². The fourth-order valence-electron chi connectivity index (χ4n) is 5.35. The normalized spacial score (nSPS) is 15.5. The summed E-state index contributed by atoms with van der Waals surface area (Å²) in [4.78, 5) is 12.6. The van der Waals surface area contributed by atoms with Crippen LogP contribution in [0.3, 0.4) is 0 Å². The summed E-state index contributed by atoms with van der Waals surface area (Å²) in [5.74, 6) is 2.14. The number of nitrogens with zero attached hydrogens (tertiary/aromatic N) is 5. The van der Waals surface area contributed by atoms with Crippen LogP contribution in [0.15, 0.2) is 112 Å². The number of para-hydroxylation sites is 3. The van der Waals surface area contributed by atoms with E-state index in [-0.39, 0.29) is 6.04 Å². The average Bonchev–Trinajstić information content (AvgIpc) is 3.30. The zero-order valence-corrected chi connectivity index (χ0v) is 24.1. The monoisotopic (exact) mass is 606 g/mol. The molecule has 0 aliphatic carbocycles. The summed E-state index contributed by atoms with van der Waals surface area (Å²) in [5.41, 5.74) is 7.75. The zero-order valence-electron chi connectivity index (χ0n) is 21.8. The minimum absolute atomic E-state index is 0.187. The molecule has 0 unspecified atom stereocenters. The molecule has 7 rings (SSSR count). The van der Waals surface area contributed by atoms with E-state index in [0.717, 1.165) is 55.4 Å². The lowest BCUT2D eigenvalue weighted by atomic mass is 9.93. The quantitative estimate of drug-likeness (QED) is 0.223. The Morgan fingerprint density at radius 2 is 1.65 bits per heavy atom. The highest BCUT2D eigenvalue weighted by molar-refractivity contribution is 9.10. The van der Waals surface area contributed by atoms with Gasteiger partial charge < -0.3 is 10.2 Å². The fourth-order valence-corrected chi connectivity index (χ4v) is 5.94. The van der Waals surface area contributed by atoms with Gasteiger partial charge in [-0.3, -0.25) is 0 Å². The van der Waals surface area contributed by atoms with Crippen LogP contribution >= 0.6 is 27.5 Å². The number of halogens is 2. The number of aliphatic imine (C=N–C) groups is 2. The van der Waals surface area contributed by atoms with E-state index in [1.807, 2.05) is 84.4 Å². The molecular weight excluding hydrogens is 584 g/mol.